The molecule has 3 nitrogen and oxygen atoms in total. The predicted molar refractivity (Wildman–Crippen MR) is 82.1 cm³/mol. The first-order valence-electron chi connectivity index (χ1n) is 7.83. The number of carbonyl (C=O) groups excluding carboxylic acids is 1. The van der Waals surface area contributed by atoms with E-state index in [1.807, 2.05) is 6.07 Å². The van der Waals surface area contributed by atoms with Gasteiger partial charge in [0.25, 0.3) is 5.91 Å². The van der Waals surface area contributed by atoms with E-state index in [0.717, 1.165) is 37.9 Å². The van der Waals surface area contributed by atoms with Crippen molar-refractivity contribution in [1.82, 2.24) is 4.90 Å². The van der Waals surface area contributed by atoms with Gasteiger partial charge in [-0.2, -0.15) is 0 Å². The first-order chi connectivity index (χ1) is 9.65. The highest BCUT2D eigenvalue weighted by molar-refractivity contribution is 5.95. The van der Waals surface area contributed by atoms with Gasteiger partial charge >= 0.3 is 0 Å². The van der Waals surface area contributed by atoms with Crippen molar-refractivity contribution in [2.75, 3.05) is 18.4 Å². The van der Waals surface area contributed by atoms with Gasteiger partial charge in [-0.25, -0.2) is 0 Å². The Labute approximate surface area is 121 Å². The molecule has 0 aromatic heterocycles. The molecule has 3 rings (SSSR count). The highest BCUT2D eigenvalue weighted by Gasteiger charge is 2.28. The predicted octanol–water partition coefficient (Wildman–Crippen LogP) is 3.31. The minimum Gasteiger partial charge on any atom is -0.385 e. The Hall–Kier alpha value is -1.51. The number of nitrogens with zero attached hydrogens (tertiary/aromatic N) is 1. The molecular formula is C17H24N2O. The van der Waals surface area contributed by atoms with Crippen molar-refractivity contribution in [2.45, 2.75) is 45.6 Å². The number of aryl methyl sites for hydroxylation is 1. The summed E-state index contributed by atoms with van der Waals surface area (Å²) in [4.78, 5) is 14.8. The van der Waals surface area contributed by atoms with E-state index < -0.39 is 0 Å². The van der Waals surface area contributed by atoms with E-state index in [4.69, 9.17) is 0 Å². The largest absolute Gasteiger partial charge is 0.385 e. The molecule has 2 atom stereocenters. The van der Waals surface area contributed by atoms with E-state index in [2.05, 4.69) is 36.2 Å². The molecular weight excluding hydrogens is 248 g/mol. The molecule has 0 radical (unpaired) electrons. The summed E-state index contributed by atoms with van der Waals surface area (Å²) in [5, 5.41) is 3.40. The van der Waals surface area contributed by atoms with Crippen molar-refractivity contribution < 1.29 is 4.79 Å². The van der Waals surface area contributed by atoms with Gasteiger partial charge in [0, 0.05) is 30.4 Å². The molecule has 0 spiro atoms. The Kier molecular flexibility index (Phi) is 3.68. The molecule has 1 N–H and O–H groups in total. The molecule has 1 aromatic carbocycles. The highest BCUT2D eigenvalue weighted by atomic mass is 16.2. The van der Waals surface area contributed by atoms with Crippen LogP contribution >= 0.6 is 0 Å². The number of nitrogens with one attached hydrogen (secondary N) is 1. The molecule has 2 unspecified atom stereocenters. The molecule has 0 aliphatic carbocycles. The summed E-state index contributed by atoms with van der Waals surface area (Å²) < 4.78 is 0. The second-order valence-corrected chi connectivity index (χ2v) is 6.39. The fraction of sp³-hybridized carbons (Fsp3) is 0.588. The number of benzene rings is 1. The molecule has 2 aliphatic rings. The van der Waals surface area contributed by atoms with Gasteiger partial charge in [0.05, 0.1) is 0 Å². The number of fused-ring (bicyclic) bond motifs is 1. The lowest BCUT2D eigenvalue weighted by molar-refractivity contribution is 0.0574. The van der Waals surface area contributed by atoms with E-state index in [0.29, 0.717) is 12.0 Å². The smallest absolute Gasteiger partial charge is 0.254 e. The SMILES string of the molecule is CC1CCC(C)N(C(=O)c2ccc3c(c2)CCCN3)C1. The Bertz CT molecular complexity index is 512. The second-order valence-electron chi connectivity index (χ2n) is 6.39. The van der Waals surface area contributed by atoms with Crippen LogP contribution in [0.5, 0.6) is 0 Å². The van der Waals surface area contributed by atoms with E-state index in [-0.39, 0.29) is 5.91 Å². The number of hydrogen-bond acceptors (Lipinski definition) is 2. The van der Waals surface area contributed by atoms with Crippen molar-refractivity contribution in [3.8, 4) is 0 Å². The fourth-order valence-electron chi connectivity index (χ4n) is 3.35. The maximum atomic E-state index is 12.7. The van der Waals surface area contributed by atoms with Crippen molar-refractivity contribution in [3.63, 3.8) is 0 Å². The van der Waals surface area contributed by atoms with Crippen LogP contribution in [-0.2, 0) is 6.42 Å². The number of hydrogen-bond donors (Lipinski definition) is 1. The molecule has 0 saturated carbocycles. The Morgan fingerprint density at radius 2 is 2.15 bits per heavy atom. The highest BCUT2D eigenvalue weighted by Crippen LogP contribution is 2.26. The summed E-state index contributed by atoms with van der Waals surface area (Å²) in [7, 11) is 0. The van der Waals surface area contributed by atoms with Crippen LogP contribution in [0.1, 0.15) is 49.0 Å². The van der Waals surface area contributed by atoms with Gasteiger partial charge in [0.2, 0.25) is 0 Å². The maximum absolute atomic E-state index is 12.7. The lowest BCUT2D eigenvalue weighted by atomic mass is 9.93. The average Bonchev–Trinajstić information content (AvgIpc) is 2.48. The van der Waals surface area contributed by atoms with Crippen LogP contribution in [0, 0.1) is 5.92 Å². The van der Waals surface area contributed by atoms with E-state index >= 15 is 0 Å². The molecule has 108 valence electrons. The molecule has 3 heteroatoms. The van der Waals surface area contributed by atoms with Gasteiger partial charge in [0.1, 0.15) is 0 Å². The van der Waals surface area contributed by atoms with Crippen LogP contribution in [0.2, 0.25) is 0 Å². The van der Waals surface area contributed by atoms with Crippen molar-refractivity contribution in [1.29, 1.82) is 0 Å². The minimum atomic E-state index is 0.206. The monoisotopic (exact) mass is 272 g/mol. The fourth-order valence-corrected chi connectivity index (χ4v) is 3.35. The van der Waals surface area contributed by atoms with Crippen molar-refractivity contribution in [2.24, 2.45) is 5.92 Å². The summed E-state index contributed by atoms with van der Waals surface area (Å²) in [6.45, 7) is 6.35. The Morgan fingerprint density at radius 3 is 3.00 bits per heavy atom. The Balaban J connectivity index is 1.82. The molecule has 2 heterocycles. The van der Waals surface area contributed by atoms with Crippen LogP contribution in [0.3, 0.4) is 0 Å². The summed E-state index contributed by atoms with van der Waals surface area (Å²) in [5.41, 5.74) is 3.35. The normalized spacial score (nSPS) is 25.8. The molecule has 1 amide bonds. The summed E-state index contributed by atoms with van der Waals surface area (Å²) in [5.74, 6) is 0.826. The lowest BCUT2D eigenvalue weighted by Gasteiger charge is -2.37. The van der Waals surface area contributed by atoms with Gasteiger partial charge < -0.3 is 10.2 Å². The lowest BCUT2D eigenvalue weighted by Crippen LogP contribution is -2.44. The van der Waals surface area contributed by atoms with Crippen LogP contribution in [0.15, 0.2) is 18.2 Å². The van der Waals surface area contributed by atoms with Crippen LogP contribution in [-0.4, -0.2) is 29.9 Å². The molecule has 1 aromatic rings. The Morgan fingerprint density at radius 1 is 1.30 bits per heavy atom. The van der Waals surface area contributed by atoms with Gasteiger partial charge in [-0.1, -0.05) is 6.92 Å². The summed E-state index contributed by atoms with van der Waals surface area (Å²) in [6.07, 6.45) is 4.59. The third-order valence-corrected chi connectivity index (χ3v) is 4.67. The van der Waals surface area contributed by atoms with Gasteiger partial charge in [-0.15, -0.1) is 0 Å². The first-order valence-corrected chi connectivity index (χ1v) is 7.83. The molecule has 1 fully saturated rings. The number of carbonyl (C=O) groups is 1. The first kappa shape index (κ1) is 13.5. The number of amides is 1. The number of piperidine rings is 1. The molecule has 2 aliphatic heterocycles. The van der Waals surface area contributed by atoms with Crippen LogP contribution in [0.25, 0.3) is 0 Å². The second kappa shape index (κ2) is 5.47. The van der Waals surface area contributed by atoms with Crippen molar-refractivity contribution in [3.05, 3.63) is 29.3 Å². The zero-order valence-electron chi connectivity index (χ0n) is 12.5. The number of likely N-dealkylation sites (tertiary alicyclic amines) is 1. The molecule has 20 heavy (non-hydrogen) atoms. The third kappa shape index (κ3) is 2.54. The zero-order chi connectivity index (χ0) is 14.1. The maximum Gasteiger partial charge on any atom is 0.254 e. The molecule has 0 bridgehead atoms. The number of anilines is 1. The van der Waals surface area contributed by atoms with Gasteiger partial charge in [-0.05, 0) is 62.3 Å². The average molecular weight is 272 g/mol. The van der Waals surface area contributed by atoms with Gasteiger partial charge in [0.15, 0.2) is 0 Å². The standard InChI is InChI=1S/C17H24N2O/c1-12-5-6-13(2)19(11-12)17(20)15-7-8-16-14(10-15)4-3-9-18-16/h7-8,10,12-13,18H,3-6,9,11H2,1-2H3. The number of rotatable bonds is 1. The topological polar surface area (TPSA) is 32.3 Å². The zero-order valence-corrected chi connectivity index (χ0v) is 12.5. The van der Waals surface area contributed by atoms with Crippen LogP contribution < -0.4 is 5.32 Å². The quantitative estimate of drug-likeness (QED) is 0.850. The van der Waals surface area contributed by atoms with Crippen LogP contribution in [0.4, 0.5) is 5.69 Å². The third-order valence-electron chi connectivity index (χ3n) is 4.67. The van der Waals surface area contributed by atoms with E-state index in [1.165, 1.54) is 17.7 Å². The van der Waals surface area contributed by atoms with Crippen molar-refractivity contribution >= 4 is 11.6 Å². The molecule has 1 saturated heterocycles. The van der Waals surface area contributed by atoms with Gasteiger partial charge in [-0.3, -0.25) is 4.79 Å². The summed E-state index contributed by atoms with van der Waals surface area (Å²) in [6, 6.07) is 6.51. The summed E-state index contributed by atoms with van der Waals surface area (Å²) >= 11 is 0. The van der Waals surface area contributed by atoms with E-state index in [9.17, 15) is 4.79 Å². The van der Waals surface area contributed by atoms with E-state index in [1.54, 1.807) is 0 Å². The minimum absolute atomic E-state index is 0.206.